The van der Waals surface area contributed by atoms with Crippen molar-refractivity contribution in [2.75, 3.05) is 35.5 Å². The number of thioether (sulfide) groups is 6. The Morgan fingerprint density at radius 1 is 0.591 bits per heavy atom. The molecule has 2 aliphatic rings. The topological polar surface area (TPSA) is 0 Å². The lowest BCUT2D eigenvalue weighted by molar-refractivity contribution is 1.19. The second kappa shape index (κ2) is 7.40. The molecule has 0 aliphatic carbocycles. The molecule has 4 heterocycles. The average molecular weight is 439 g/mol. The van der Waals surface area contributed by atoms with Crippen LogP contribution >= 0.6 is 93.2 Å². The highest BCUT2D eigenvalue weighted by molar-refractivity contribution is 8.08. The molecule has 2 aromatic rings. The molecule has 2 aromatic heterocycles. The zero-order valence-corrected chi connectivity index (χ0v) is 18.6. The Balaban J connectivity index is 1.89. The molecule has 0 nitrogen and oxygen atoms in total. The van der Waals surface area contributed by atoms with E-state index in [1.165, 1.54) is 31.4 Å². The van der Waals surface area contributed by atoms with Gasteiger partial charge in [0, 0.05) is 42.6 Å². The number of hydrogen-bond donors (Lipinski definition) is 0. The number of thiophene rings is 2. The second-order valence-electron chi connectivity index (χ2n) is 4.56. The zero-order valence-electron chi connectivity index (χ0n) is 12.1. The lowest BCUT2D eigenvalue weighted by Gasteiger charge is -2.14. The first-order valence-corrected chi connectivity index (χ1v) is 14.8. The summed E-state index contributed by atoms with van der Waals surface area (Å²) in [6.45, 7) is 0. The quantitative estimate of drug-likeness (QED) is 0.457. The summed E-state index contributed by atoms with van der Waals surface area (Å²) in [7, 11) is 0. The highest BCUT2D eigenvalue weighted by atomic mass is 32.2. The summed E-state index contributed by atoms with van der Waals surface area (Å²) >= 11 is 16.2. The largest absolute Gasteiger partial charge is 0.125 e. The Labute approximate surface area is 165 Å². The van der Waals surface area contributed by atoms with E-state index in [-0.39, 0.29) is 0 Å². The molecule has 4 rings (SSSR count). The minimum absolute atomic E-state index is 1.25. The molecule has 0 N–H and O–H groups in total. The Bertz CT molecular complexity index is 638. The van der Waals surface area contributed by atoms with Crippen LogP contribution in [0.4, 0.5) is 0 Å². The van der Waals surface area contributed by atoms with Crippen molar-refractivity contribution in [3.8, 4) is 9.75 Å². The molecule has 0 spiro atoms. The molecule has 2 aliphatic heterocycles. The van der Waals surface area contributed by atoms with Crippen LogP contribution in [0.2, 0.25) is 0 Å². The summed E-state index contributed by atoms with van der Waals surface area (Å²) < 4.78 is 3.03. The first kappa shape index (κ1) is 16.9. The van der Waals surface area contributed by atoms with E-state index in [9.17, 15) is 0 Å². The molecule has 0 saturated heterocycles. The van der Waals surface area contributed by atoms with Gasteiger partial charge in [-0.15, -0.1) is 93.2 Å². The van der Waals surface area contributed by atoms with Gasteiger partial charge in [0.25, 0.3) is 0 Å². The Kier molecular flexibility index (Phi) is 5.70. The van der Waals surface area contributed by atoms with Crippen LogP contribution in [0.5, 0.6) is 0 Å². The van der Waals surface area contributed by atoms with Gasteiger partial charge >= 0.3 is 0 Å². The molecule has 0 amide bonds. The van der Waals surface area contributed by atoms with Gasteiger partial charge in [0.2, 0.25) is 0 Å². The first-order chi connectivity index (χ1) is 10.8. The van der Waals surface area contributed by atoms with Crippen LogP contribution in [0.3, 0.4) is 0 Å². The van der Waals surface area contributed by atoms with Crippen molar-refractivity contribution in [3.05, 3.63) is 0 Å². The minimum atomic E-state index is 1.25. The van der Waals surface area contributed by atoms with Crippen molar-refractivity contribution in [2.45, 2.75) is 28.0 Å². The fourth-order valence-corrected chi connectivity index (χ4v) is 13.0. The van der Waals surface area contributed by atoms with Gasteiger partial charge in [-0.25, -0.2) is 0 Å². The third kappa shape index (κ3) is 2.93. The Hall–Kier alpha value is 1.50. The molecule has 0 unspecified atom stereocenters. The van der Waals surface area contributed by atoms with E-state index in [1.807, 2.05) is 46.2 Å². The summed E-state index contributed by atoms with van der Waals surface area (Å²) in [5.74, 6) is 5.01. The third-order valence-electron chi connectivity index (χ3n) is 3.31. The van der Waals surface area contributed by atoms with E-state index in [1.54, 1.807) is 29.3 Å². The van der Waals surface area contributed by atoms with Crippen molar-refractivity contribution in [2.24, 2.45) is 0 Å². The number of hydrogen-bond acceptors (Lipinski definition) is 8. The van der Waals surface area contributed by atoms with Crippen molar-refractivity contribution < 1.29 is 0 Å². The van der Waals surface area contributed by atoms with Gasteiger partial charge in [-0.2, -0.15) is 0 Å². The Morgan fingerprint density at radius 2 is 0.955 bits per heavy atom. The van der Waals surface area contributed by atoms with Gasteiger partial charge in [0.05, 0.1) is 18.2 Å². The van der Waals surface area contributed by atoms with Crippen LogP contribution in [0.1, 0.15) is 0 Å². The summed E-state index contributed by atoms with van der Waals surface area (Å²) in [6.07, 6.45) is 4.44. The van der Waals surface area contributed by atoms with Gasteiger partial charge < -0.3 is 0 Å². The molecule has 0 aromatic carbocycles. The van der Waals surface area contributed by atoms with Crippen LogP contribution in [-0.4, -0.2) is 35.5 Å². The molecular formula is C14H14S8. The van der Waals surface area contributed by atoms with Gasteiger partial charge in [-0.05, 0) is 12.5 Å². The maximum Gasteiger partial charge on any atom is 0.0750 e. The molecule has 8 heteroatoms. The molecule has 0 radical (unpaired) electrons. The molecule has 0 fully saturated rings. The molecule has 0 atom stereocenters. The predicted molar refractivity (Wildman–Crippen MR) is 114 cm³/mol. The smallest absolute Gasteiger partial charge is 0.0750 e. The molecule has 0 bridgehead atoms. The SMILES string of the molecule is CSc1sc(-c2sc(SC)c3c2SCCS3)c2c1SCCS2. The zero-order chi connectivity index (χ0) is 15.1. The standard InChI is InChI=1S/C14H14S8/c1-15-13-11-7(17-3-5-19-11)9(21-13)10-8-12(14(16-2)22-10)20-6-4-18-8/h3-6H2,1-2H3. The number of rotatable bonds is 3. The van der Waals surface area contributed by atoms with Crippen LogP contribution in [-0.2, 0) is 0 Å². The summed E-state index contributed by atoms with van der Waals surface area (Å²) in [6, 6.07) is 0. The van der Waals surface area contributed by atoms with E-state index in [0.29, 0.717) is 0 Å². The lowest BCUT2D eigenvalue weighted by Crippen LogP contribution is -1.94. The monoisotopic (exact) mass is 438 g/mol. The lowest BCUT2D eigenvalue weighted by atomic mass is 10.4. The minimum Gasteiger partial charge on any atom is -0.125 e. The molecule has 0 saturated carbocycles. The summed E-state index contributed by atoms with van der Waals surface area (Å²) in [5.41, 5.74) is 0. The van der Waals surface area contributed by atoms with Crippen molar-refractivity contribution >= 4 is 93.2 Å². The van der Waals surface area contributed by atoms with Crippen molar-refractivity contribution in [3.63, 3.8) is 0 Å². The molecule has 118 valence electrons. The maximum absolute atomic E-state index is 2.22. The predicted octanol–water partition coefficient (Wildman–Crippen LogP) is 7.32. The summed E-state index contributed by atoms with van der Waals surface area (Å²) in [5, 5.41) is 0. The van der Waals surface area contributed by atoms with Crippen molar-refractivity contribution in [1.82, 2.24) is 0 Å². The van der Waals surface area contributed by atoms with Gasteiger partial charge in [-0.3, -0.25) is 0 Å². The third-order valence-corrected chi connectivity index (χ3v) is 14.1. The Morgan fingerprint density at radius 3 is 1.32 bits per heavy atom. The van der Waals surface area contributed by atoms with E-state index in [4.69, 9.17) is 0 Å². The average Bonchev–Trinajstić information content (AvgIpc) is 3.13. The fraction of sp³-hybridized carbons (Fsp3) is 0.429. The van der Waals surface area contributed by atoms with Crippen molar-refractivity contribution in [1.29, 1.82) is 0 Å². The first-order valence-electron chi connectivity index (χ1n) is 6.76. The van der Waals surface area contributed by atoms with Crippen LogP contribution < -0.4 is 0 Å². The van der Waals surface area contributed by atoms with Crippen LogP contribution in [0, 0.1) is 0 Å². The maximum atomic E-state index is 2.22. The normalized spacial score (nSPS) is 17.4. The van der Waals surface area contributed by atoms with E-state index >= 15 is 0 Å². The second-order valence-corrected chi connectivity index (χ2v) is 13.2. The highest BCUT2D eigenvalue weighted by Gasteiger charge is 2.29. The molecule has 22 heavy (non-hydrogen) atoms. The van der Waals surface area contributed by atoms with E-state index in [0.717, 1.165) is 0 Å². The van der Waals surface area contributed by atoms with Gasteiger partial charge in [-0.1, -0.05) is 0 Å². The highest BCUT2D eigenvalue weighted by Crippen LogP contribution is 2.59. The van der Waals surface area contributed by atoms with E-state index < -0.39 is 0 Å². The van der Waals surface area contributed by atoms with Gasteiger partial charge in [0.1, 0.15) is 0 Å². The number of fused-ring (bicyclic) bond motifs is 2. The van der Waals surface area contributed by atoms with Crippen LogP contribution in [0.25, 0.3) is 9.75 Å². The summed E-state index contributed by atoms with van der Waals surface area (Å²) in [4.78, 5) is 9.35. The van der Waals surface area contributed by atoms with Crippen LogP contribution in [0.15, 0.2) is 28.0 Å². The van der Waals surface area contributed by atoms with Gasteiger partial charge in [0.15, 0.2) is 0 Å². The fourth-order valence-electron chi connectivity index (χ4n) is 2.42. The molecular weight excluding hydrogens is 425 g/mol. The van der Waals surface area contributed by atoms with E-state index in [2.05, 4.69) is 59.6 Å².